The lowest BCUT2D eigenvalue weighted by molar-refractivity contribution is -0.184. The summed E-state index contributed by atoms with van der Waals surface area (Å²) in [6, 6.07) is 60.7. The number of sulfone groups is 4. The van der Waals surface area contributed by atoms with Crippen LogP contribution in [-0.4, -0.2) is 213 Å². The van der Waals surface area contributed by atoms with Gasteiger partial charge in [-0.05, 0) is 222 Å². The third-order valence-electron chi connectivity index (χ3n) is 30.9. The third-order valence-corrected chi connectivity index (χ3v) is 35.3. The number of halogens is 9. The molecule has 0 unspecified atom stereocenters. The molecular formula is C100H129F9N8O8S4. The van der Waals surface area contributed by atoms with E-state index < -0.39 is 85.5 Å². The summed E-state index contributed by atoms with van der Waals surface area (Å²) in [5, 5.41) is 0. The zero-order valence-electron chi connectivity index (χ0n) is 75.3. The molecule has 129 heavy (non-hydrogen) atoms. The van der Waals surface area contributed by atoms with Crippen LogP contribution in [0.4, 0.5) is 62.3 Å². The van der Waals surface area contributed by atoms with E-state index in [0.29, 0.717) is 107 Å². The van der Waals surface area contributed by atoms with Crippen molar-refractivity contribution in [3.8, 4) is 0 Å². The van der Waals surface area contributed by atoms with Gasteiger partial charge in [0.1, 0.15) is 0 Å². The van der Waals surface area contributed by atoms with Crippen LogP contribution in [-0.2, 0) is 39.3 Å². The summed E-state index contributed by atoms with van der Waals surface area (Å²) in [5.74, 6) is -6.34. The Balaban J connectivity index is 0.000000132. The molecule has 4 atom stereocenters. The summed E-state index contributed by atoms with van der Waals surface area (Å²) in [4.78, 5) is 20.4. The Labute approximate surface area is 759 Å². The first kappa shape index (κ1) is 96.3. The van der Waals surface area contributed by atoms with Crippen LogP contribution in [0.3, 0.4) is 0 Å². The summed E-state index contributed by atoms with van der Waals surface area (Å²) in [7, 11) is -13.0. The van der Waals surface area contributed by atoms with Gasteiger partial charge in [0.2, 0.25) is 0 Å². The minimum atomic E-state index is -4.06. The molecule has 7 aliphatic carbocycles. The SMILES string of the molecule is CC(C)[C@H]1CN(c2cccc(S(C)(=O)=O)c2)CCN1CC1CCC(C(F)(F)F)CC1.CS(=O)(=O)c1cccc(N2CCN(CC3CCC4(CC3)CC4(F)F)[C@@H](c3ccccc3)C2)c1.CS(=O)(=O)c1cccc(N2CCN(CC3CCC4(CC3)CC4(F)F)[C@@H](c3ccccc3)C2)c1.CS(=O)(=O)c1cccc(N2CCN(CC3CCC4(CC3)CC4(F)F)[C@H](c3ccccc3)C2)c1. The minimum absolute atomic E-state index is 0.0879. The van der Waals surface area contributed by atoms with E-state index in [9.17, 15) is 73.2 Å². The van der Waals surface area contributed by atoms with Gasteiger partial charge in [-0.2, -0.15) is 13.2 Å². The molecule has 4 aliphatic heterocycles. The Hall–Kier alpha value is -7.25. The number of piperazine rings is 4. The molecular weight excluding hydrogens is 1740 g/mol. The zero-order chi connectivity index (χ0) is 91.9. The van der Waals surface area contributed by atoms with Gasteiger partial charge in [-0.1, -0.05) is 129 Å². The smallest absolute Gasteiger partial charge is 0.369 e. The first-order valence-corrected chi connectivity index (χ1v) is 54.0. The van der Waals surface area contributed by atoms with Gasteiger partial charge in [0.15, 0.2) is 39.3 Å². The van der Waals surface area contributed by atoms with E-state index in [-0.39, 0.29) is 50.2 Å². The molecule has 0 radical (unpaired) electrons. The molecule has 11 aliphatic rings. The zero-order valence-corrected chi connectivity index (χ0v) is 78.6. The fraction of sp³-hybridized carbons (Fsp3) is 0.580. The molecule has 3 spiro atoms. The molecule has 7 aromatic rings. The molecule has 7 saturated carbocycles. The number of anilines is 4. The molecule has 0 amide bonds. The number of alkyl halides is 9. The monoisotopic (exact) mass is 1870 g/mol. The van der Waals surface area contributed by atoms with Gasteiger partial charge in [-0.15, -0.1) is 0 Å². The number of hydrogen-bond acceptors (Lipinski definition) is 16. The second kappa shape index (κ2) is 38.6. The second-order valence-electron chi connectivity index (χ2n) is 40.0. The number of hydrogen-bond donors (Lipinski definition) is 0. The normalized spacial score (nSPS) is 29.2. The second-order valence-corrected chi connectivity index (χ2v) is 48.1. The average Bonchev–Trinajstić information content (AvgIpc) is 1.57. The Morgan fingerprint density at radius 3 is 0.798 bits per heavy atom. The maximum atomic E-state index is 13.8. The van der Waals surface area contributed by atoms with E-state index in [4.69, 9.17) is 0 Å². The lowest BCUT2D eigenvalue weighted by Crippen LogP contribution is -2.56. The third kappa shape index (κ3) is 23.1. The lowest BCUT2D eigenvalue weighted by atomic mass is 9.79. The molecule has 4 heterocycles. The standard InChI is InChI=1S/3C26H32F2N2O2S.C22H33F3N2O2S/c3*1-33(31,32)23-9-5-8-22(16-23)29-14-15-30(24(18-29)21-6-3-2-4-7-21)17-20-10-12-25(13-11-20)19-26(25,27)28;1-16(2)21-15-26(19-5-4-6-20(13-19)30(3,28)29)11-12-27(21)14-17-7-9-18(10-8-17)22(23,24)25/h3*2-9,16,20,24H,10-15,17-19H2,1H3;4-6,13,16-18,21H,7-12,14-15H2,1-3H3/t3*20?,24-,25?;17?,18?,21-/m1101/s1. The summed E-state index contributed by atoms with van der Waals surface area (Å²) in [6.07, 6.45) is 12.1. The van der Waals surface area contributed by atoms with Gasteiger partial charge in [-0.3, -0.25) is 19.6 Å². The van der Waals surface area contributed by atoms with Crippen molar-refractivity contribution in [1.29, 1.82) is 0 Å². The Morgan fingerprint density at radius 1 is 0.318 bits per heavy atom. The van der Waals surface area contributed by atoms with E-state index in [1.165, 1.54) is 41.7 Å². The van der Waals surface area contributed by atoms with Gasteiger partial charge in [-0.25, -0.2) is 60.0 Å². The van der Waals surface area contributed by atoms with Crippen LogP contribution < -0.4 is 19.6 Å². The number of nitrogens with zero attached hydrogens (tertiary/aromatic N) is 8. The molecule has 11 fully saturated rings. The van der Waals surface area contributed by atoms with E-state index >= 15 is 0 Å². The van der Waals surface area contributed by atoms with Gasteiger partial charge in [0.05, 0.1) is 43.6 Å². The Bertz CT molecular complexity index is 5020. The Kier molecular flexibility index (Phi) is 28.8. The molecule has 7 aromatic carbocycles. The molecule has 18 rings (SSSR count). The highest BCUT2D eigenvalue weighted by Gasteiger charge is 2.72. The molecule has 4 saturated heterocycles. The van der Waals surface area contributed by atoms with Crippen LogP contribution in [0.25, 0.3) is 0 Å². The fourth-order valence-electron chi connectivity index (χ4n) is 22.4. The first-order valence-electron chi connectivity index (χ1n) is 46.5. The van der Waals surface area contributed by atoms with Crippen molar-refractivity contribution >= 4 is 62.1 Å². The molecule has 16 nitrogen and oxygen atoms in total. The van der Waals surface area contributed by atoms with E-state index in [1.807, 2.05) is 42.5 Å². The summed E-state index contributed by atoms with van der Waals surface area (Å²) < 4.78 is 218. The largest absolute Gasteiger partial charge is 0.391 e. The van der Waals surface area contributed by atoms with Gasteiger partial charge < -0.3 is 19.6 Å². The molecule has 0 N–H and O–H groups in total. The van der Waals surface area contributed by atoms with Crippen LogP contribution in [0.2, 0.25) is 0 Å². The summed E-state index contributed by atoms with van der Waals surface area (Å²) >= 11 is 0. The van der Waals surface area contributed by atoms with Crippen molar-refractivity contribution in [3.05, 3.63) is 205 Å². The summed E-state index contributed by atoms with van der Waals surface area (Å²) in [6.45, 7) is 17.7. The fourth-order valence-corrected chi connectivity index (χ4v) is 25.0. The highest BCUT2D eigenvalue weighted by molar-refractivity contribution is 7.91. The van der Waals surface area contributed by atoms with Crippen molar-refractivity contribution in [2.24, 2.45) is 51.8 Å². The predicted octanol–water partition coefficient (Wildman–Crippen LogP) is 20.1. The highest BCUT2D eigenvalue weighted by atomic mass is 32.2. The van der Waals surface area contributed by atoms with Crippen LogP contribution in [0.15, 0.2) is 208 Å². The van der Waals surface area contributed by atoms with Crippen molar-refractivity contribution < 1.29 is 73.2 Å². The minimum Gasteiger partial charge on any atom is -0.369 e. The number of benzene rings is 7. The molecule has 704 valence electrons. The van der Waals surface area contributed by atoms with E-state index in [1.54, 1.807) is 72.8 Å². The topological polar surface area (TPSA) is 162 Å². The maximum Gasteiger partial charge on any atom is 0.391 e. The van der Waals surface area contributed by atoms with Crippen LogP contribution in [0.1, 0.15) is 171 Å². The molecule has 0 bridgehead atoms. The van der Waals surface area contributed by atoms with E-state index in [0.717, 1.165) is 166 Å². The Morgan fingerprint density at radius 2 is 0.558 bits per heavy atom. The van der Waals surface area contributed by atoms with Crippen LogP contribution in [0, 0.1) is 51.8 Å². The van der Waals surface area contributed by atoms with Crippen molar-refractivity contribution in [3.63, 3.8) is 0 Å². The highest BCUT2D eigenvalue weighted by Crippen LogP contribution is 2.70. The lowest BCUT2D eigenvalue weighted by Gasteiger charge is -2.46. The molecule has 0 aromatic heterocycles. The average molecular weight is 1870 g/mol. The predicted molar refractivity (Wildman–Crippen MR) is 493 cm³/mol. The van der Waals surface area contributed by atoms with Gasteiger partial charge in [0, 0.05) is 194 Å². The quantitative estimate of drug-likeness (QED) is 0.0662. The van der Waals surface area contributed by atoms with Crippen LogP contribution >= 0.6 is 0 Å². The maximum absolute atomic E-state index is 13.8. The van der Waals surface area contributed by atoms with Gasteiger partial charge >= 0.3 is 6.18 Å². The van der Waals surface area contributed by atoms with Crippen molar-refractivity contribution in [1.82, 2.24) is 19.6 Å². The van der Waals surface area contributed by atoms with Crippen LogP contribution in [0.5, 0.6) is 0 Å². The number of rotatable bonds is 20. The van der Waals surface area contributed by atoms with E-state index in [2.05, 4.69) is 126 Å². The molecule has 29 heteroatoms. The first-order chi connectivity index (χ1) is 61.0. The van der Waals surface area contributed by atoms with Gasteiger partial charge in [0.25, 0.3) is 17.8 Å². The van der Waals surface area contributed by atoms with Crippen molar-refractivity contribution in [2.75, 3.05) is 149 Å². The van der Waals surface area contributed by atoms with Crippen molar-refractivity contribution in [2.45, 2.75) is 204 Å². The summed E-state index contributed by atoms with van der Waals surface area (Å²) in [5.41, 5.74) is 5.33.